The van der Waals surface area contributed by atoms with E-state index in [1.165, 1.54) is 36.8 Å². The van der Waals surface area contributed by atoms with Gasteiger partial charge in [-0.1, -0.05) is 30.7 Å². The SMILES string of the molecule is N[C@]12CCC[C@H]1Cc1ccccc12. The largest absolute Gasteiger partial charge is 0.321 e. The van der Waals surface area contributed by atoms with E-state index >= 15 is 0 Å². The van der Waals surface area contributed by atoms with Crippen LogP contribution in [0.15, 0.2) is 24.3 Å². The fourth-order valence-corrected chi connectivity index (χ4v) is 3.16. The number of nitrogens with two attached hydrogens (primary N) is 1. The van der Waals surface area contributed by atoms with Gasteiger partial charge in [-0.25, -0.2) is 0 Å². The molecule has 1 heteroatoms. The summed E-state index contributed by atoms with van der Waals surface area (Å²) in [6, 6.07) is 8.71. The molecule has 0 aromatic heterocycles. The highest BCUT2D eigenvalue weighted by molar-refractivity contribution is 5.40. The first-order chi connectivity index (χ1) is 6.31. The molecule has 1 aromatic carbocycles. The van der Waals surface area contributed by atoms with E-state index in [1.807, 2.05) is 0 Å². The molecule has 0 amide bonds. The normalized spacial score (nSPS) is 35.9. The molecule has 0 aliphatic heterocycles. The zero-order valence-corrected chi connectivity index (χ0v) is 7.79. The molecule has 2 aliphatic carbocycles. The Labute approximate surface area is 78.9 Å². The first-order valence-corrected chi connectivity index (χ1v) is 5.18. The highest BCUT2D eigenvalue weighted by atomic mass is 14.8. The van der Waals surface area contributed by atoms with E-state index < -0.39 is 0 Å². The molecule has 2 atom stereocenters. The first kappa shape index (κ1) is 7.57. The zero-order chi connectivity index (χ0) is 8.89. The molecular formula is C12H15N. The van der Waals surface area contributed by atoms with Crippen molar-refractivity contribution in [3.05, 3.63) is 35.4 Å². The molecule has 1 saturated carbocycles. The van der Waals surface area contributed by atoms with Gasteiger partial charge < -0.3 is 5.73 Å². The molecule has 0 unspecified atom stereocenters. The molecule has 1 aromatic rings. The molecule has 13 heavy (non-hydrogen) atoms. The van der Waals surface area contributed by atoms with Gasteiger partial charge in [0.15, 0.2) is 0 Å². The third kappa shape index (κ3) is 0.856. The number of benzene rings is 1. The van der Waals surface area contributed by atoms with Crippen LogP contribution in [0.3, 0.4) is 0 Å². The lowest BCUT2D eigenvalue weighted by molar-refractivity contribution is 0.357. The van der Waals surface area contributed by atoms with E-state index in [4.69, 9.17) is 5.73 Å². The van der Waals surface area contributed by atoms with Crippen molar-refractivity contribution in [2.45, 2.75) is 31.2 Å². The maximum Gasteiger partial charge on any atom is 0.0444 e. The number of fused-ring (bicyclic) bond motifs is 3. The van der Waals surface area contributed by atoms with Gasteiger partial charge in [0.05, 0.1) is 0 Å². The molecule has 0 spiro atoms. The Bertz CT molecular complexity index is 345. The van der Waals surface area contributed by atoms with Crippen molar-refractivity contribution in [3.8, 4) is 0 Å². The van der Waals surface area contributed by atoms with Crippen molar-refractivity contribution in [2.24, 2.45) is 11.7 Å². The maximum atomic E-state index is 6.48. The average molecular weight is 173 g/mol. The molecular weight excluding hydrogens is 158 g/mol. The first-order valence-electron chi connectivity index (χ1n) is 5.18. The highest BCUT2D eigenvalue weighted by Gasteiger charge is 2.46. The summed E-state index contributed by atoms with van der Waals surface area (Å²) in [4.78, 5) is 0. The Balaban J connectivity index is 2.17. The summed E-state index contributed by atoms with van der Waals surface area (Å²) in [6.07, 6.45) is 5.04. The van der Waals surface area contributed by atoms with E-state index in [1.54, 1.807) is 0 Å². The second-order valence-corrected chi connectivity index (χ2v) is 4.49. The van der Waals surface area contributed by atoms with Gasteiger partial charge >= 0.3 is 0 Å². The van der Waals surface area contributed by atoms with Gasteiger partial charge in [-0.2, -0.15) is 0 Å². The monoisotopic (exact) mass is 173 g/mol. The van der Waals surface area contributed by atoms with E-state index in [2.05, 4.69) is 24.3 Å². The lowest BCUT2D eigenvalue weighted by Crippen LogP contribution is -2.36. The standard InChI is InChI=1S/C12H15N/c13-12-7-3-5-10(12)8-9-4-1-2-6-11(9)12/h1-2,4,6,10H,3,5,7-8,13H2/t10-,12+/m0/s1. The minimum absolute atomic E-state index is 0.0383. The highest BCUT2D eigenvalue weighted by Crippen LogP contribution is 2.49. The molecule has 2 aliphatic rings. The van der Waals surface area contributed by atoms with Crippen molar-refractivity contribution in [2.75, 3.05) is 0 Å². The molecule has 0 heterocycles. The van der Waals surface area contributed by atoms with Crippen LogP contribution in [0.25, 0.3) is 0 Å². The Morgan fingerprint density at radius 1 is 1.31 bits per heavy atom. The Morgan fingerprint density at radius 3 is 3.08 bits per heavy atom. The lowest BCUT2D eigenvalue weighted by atomic mass is 9.88. The minimum Gasteiger partial charge on any atom is -0.321 e. The van der Waals surface area contributed by atoms with Crippen LogP contribution in [0.1, 0.15) is 30.4 Å². The quantitative estimate of drug-likeness (QED) is 0.639. The third-order valence-corrected chi connectivity index (χ3v) is 3.86. The zero-order valence-electron chi connectivity index (χ0n) is 7.79. The topological polar surface area (TPSA) is 26.0 Å². The van der Waals surface area contributed by atoms with Gasteiger partial charge in [-0.3, -0.25) is 0 Å². The molecule has 2 N–H and O–H groups in total. The van der Waals surface area contributed by atoms with Crippen LogP contribution in [0.5, 0.6) is 0 Å². The van der Waals surface area contributed by atoms with Gasteiger partial charge in [0.1, 0.15) is 0 Å². The molecule has 0 saturated heterocycles. The van der Waals surface area contributed by atoms with Crippen LogP contribution < -0.4 is 5.73 Å². The van der Waals surface area contributed by atoms with Crippen LogP contribution in [-0.2, 0) is 12.0 Å². The van der Waals surface area contributed by atoms with Crippen LogP contribution in [0.4, 0.5) is 0 Å². The Hall–Kier alpha value is -0.820. The van der Waals surface area contributed by atoms with Gasteiger partial charge in [-0.15, -0.1) is 0 Å². The van der Waals surface area contributed by atoms with Crippen LogP contribution in [0.2, 0.25) is 0 Å². The summed E-state index contributed by atoms with van der Waals surface area (Å²) in [5.74, 6) is 0.727. The van der Waals surface area contributed by atoms with Gasteiger partial charge in [0.2, 0.25) is 0 Å². The van der Waals surface area contributed by atoms with Crippen LogP contribution in [-0.4, -0.2) is 0 Å². The van der Waals surface area contributed by atoms with Gasteiger partial charge in [0, 0.05) is 5.54 Å². The van der Waals surface area contributed by atoms with E-state index in [9.17, 15) is 0 Å². The predicted octanol–water partition coefficient (Wildman–Crippen LogP) is 2.20. The molecule has 0 radical (unpaired) electrons. The lowest BCUT2D eigenvalue weighted by Gasteiger charge is -2.25. The van der Waals surface area contributed by atoms with E-state index in [0.29, 0.717) is 0 Å². The molecule has 0 bridgehead atoms. The molecule has 68 valence electrons. The van der Waals surface area contributed by atoms with E-state index in [0.717, 1.165) is 5.92 Å². The number of rotatable bonds is 0. The summed E-state index contributed by atoms with van der Waals surface area (Å²) in [5.41, 5.74) is 9.44. The van der Waals surface area contributed by atoms with Crippen molar-refractivity contribution in [1.29, 1.82) is 0 Å². The van der Waals surface area contributed by atoms with E-state index in [-0.39, 0.29) is 5.54 Å². The molecule has 1 fully saturated rings. The van der Waals surface area contributed by atoms with Crippen molar-refractivity contribution in [1.82, 2.24) is 0 Å². The summed E-state index contributed by atoms with van der Waals surface area (Å²) in [5, 5.41) is 0. The Morgan fingerprint density at radius 2 is 2.15 bits per heavy atom. The smallest absolute Gasteiger partial charge is 0.0444 e. The van der Waals surface area contributed by atoms with Crippen molar-refractivity contribution < 1.29 is 0 Å². The summed E-state index contributed by atoms with van der Waals surface area (Å²) in [6.45, 7) is 0. The minimum atomic E-state index is 0.0383. The van der Waals surface area contributed by atoms with Crippen LogP contribution >= 0.6 is 0 Å². The molecule has 3 rings (SSSR count). The van der Waals surface area contributed by atoms with Crippen molar-refractivity contribution >= 4 is 0 Å². The predicted molar refractivity (Wildman–Crippen MR) is 53.4 cm³/mol. The van der Waals surface area contributed by atoms with Crippen LogP contribution in [0, 0.1) is 5.92 Å². The fraction of sp³-hybridized carbons (Fsp3) is 0.500. The van der Waals surface area contributed by atoms with Crippen molar-refractivity contribution in [3.63, 3.8) is 0 Å². The van der Waals surface area contributed by atoms with Gasteiger partial charge in [0.25, 0.3) is 0 Å². The average Bonchev–Trinajstić information content (AvgIpc) is 2.60. The Kier molecular flexibility index (Phi) is 1.37. The third-order valence-electron chi connectivity index (χ3n) is 3.86. The summed E-state index contributed by atoms with van der Waals surface area (Å²) in [7, 11) is 0. The maximum absolute atomic E-state index is 6.48. The second-order valence-electron chi connectivity index (χ2n) is 4.49. The fourth-order valence-electron chi connectivity index (χ4n) is 3.16. The summed E-state index contributed by atoms with van der Waals surface area (Å²) < 4.78 is 0. The molecule has 1 nitrogen and oxygen atoms in total. The number of hydrogen-bond donors (Lipinski definition) is 1. The summed E-state index contributed by atoms with van der Waals surface area (Å²) >= 11 is 0. The van der Waals surface area contributed by atoms with Gasteiger partial charge in [-0.05, 0) is 36.3 Å². The number of hydrogen-bond acceptors (Lipinski definition) is 1. The second kappa shape index (κ2) is 2.36.